The molecule has 1 saturated carbocycles. The summed E-state index contributed by atoms with van der Waals surface area (Å²) in [5.74, 6) is -1.37. The van der Waals surface area contributed by atoms with E-state index in [-0.39, 0.29) is 22.3 Å². The van der Waals surface area contributed by atoms with Crippen LogP contribution in [0.4, 0.5) is 5.69 Å². The van der Waals surface area contributed by atoms with E-state index in [1.807, 2.05) is 30.3 Å². The fraction of sp³-hybridized carbons (Fsp3) is 0.320. The van der Waals surface area contributed by atoms with Crippen LogP contribution in [-0.4, -0.2) is 32.5 Å². The number of benzene rings is 2. The molecule has 0 saturated heterocycles. The minimum atomic E-state index is -4.43. The number of phenols is 1. The summed E-state index contributed by atoms with van der Waals surface area (Å²) in [6.07, 6.45) is 6.04. The van der Waals surface area contributed by atoms with Gasteiger partial charge in [0.05, 0.1) is 24.9 Å². The quantitative estimate of drug-likeness (QED) is 0.248. The van der Waals surface area contributed by atoms with Crippen LogP contribution in [0.2, 0.25) is 0 Å². The Labute approximate surface area is 198 Å². The number of hydrogen-bond donors (Lipinski definition) is 2. The predicted molar refractivity (Wildman–Crippen MR) is 128 cm³/mol. The summed E-state index contributed by atoms with van der Waals surface area (Å²) in [6, 6.07) is 10.7. The van der Waals surface area contributed by atoms with Crippen LogP contribution in [0.1, 0.15) is 49.4 Å². The molecule has 0 aliphatic heterocycles. The molecule has 0 radical (unpaired) electrons. The molecule has 0 bridgehead atoms. The number of carbonyl (C=O) groups is 1. The van der Waals surface area contributed by atoms with Gasteiger partial charge >= 0.3 is 10.1 Å². The zero-order valence-corrected chi connectivity index (χ0v) is 19.9. The van der Waals surface area contributed by atoms with Crippen LogP contribution >= 0.6 is 0 Å². The molecule has 1 heterocycles. The summed E-state index contributed by atoms with van der Waals surface area (Å²) < 4.78 is 42.8. The number of ketones is 1. The fourth-order valence-electron chi connectivity index (χ4n) is 4.24. The molecule has 4 rings (SSSR count). The second kappa shape index (κ2) is 9.90. The molecule has 9 heteroatoms. The molecule has 8 nitrogen and oxygen atoms in total. The molecular weight excluding hydrogens is 458 g/mol. The SMILES string of the molecule is COc1c(C(=O)/C=C(/C)Nc2ccccc2)c(O)c(S(=O)(=O)OC2CCCCC2)c2occc12. The van der Waals surface area contributed by atoms with Crippen LogP contribution in [0, 0.1) is 0 Å². The Balaban J connectivity index is 1.78. The highest BCUT2D eigenvalue weighted by Gasteiger charge is 2.35. The third-order valence-corrected chi connectivity index (χ3v) is 7.18. The van der Waals surface area contributed by atoms with Crippen molar-refractivity contribution in [3.8, 4) is 11.5 Å². The predicted octanol–water partition coefficient (Wildman–Crippen LogP) is 5.38. The fourth-order valence-corrected chi connectivity index (χ4v) is 5.61. The van der Waals surface area contributed by atoms with Crippen LogP contribution in [0.15, 0.2) is 63.7 Å². The molecule has 0 amide bonds. The number of carbonyl (C=O) groups excluding carboxylic acids is 1. The Morgan fingerprint density at radius 3 is 2.53 bits per heavy atom. The van der Waals surface area contributed by atoms with E-state index >= 15 is 0 Å². The molecule has 180 valence electrons. The zero-order valence-electron chi connectivity index (χ0n) is 19.0. The molecule has 1 aliphatic carbocycles. The number of nitrogens with one attached hydrogen (secondary N) is 1. The monoisotopic (exact) mass is 485 g/mol. The molecule has 0 atom stereocenters. The van der Waals surface area contributed by atoms with Gasteiger partial charge in [-0.15, -0.1) is 0 Å². The van der Waals surface area contributed by atoms with Crippen molar-refractivity contribution in [2.75, 3.05) is 12.4 Å². The third kappa shape index (κ3) is 4.80. The van der Waals surface area contributed by atoms with Crippen molar-refractivity contribution in [2.24, 2.45) is 0 Å². The Hall–Kier alpha value is -3.30. The van der Waals surface area contributed by atoms with E-state index in [2.05, 4.69) is 5.32 Å². The van der Waals surface area contributed by atoms with Gasteiger partial charge in [0.15, 0.2) is 22.0 Å². The number of allylic oxidation sites excluding steroid dienone is 2. The molecule has 0 unspecified atom stereocenters. The smallest absolute Gasteiger partial charge is 0.304 e. The largest absolute Gasteiger partial charge is 0.505 e. The maximum atomic E-state index is 13.3. The number of anilines is 1. The van der Waals surface area contributed by atoms with Gasteiger partial charge in [0, 0.05) is 17.5 Å². The highest BCUT2D eigenvalue weighted by molar-refractivity contribution is 7.87. The topological polar surface area (TPSA) is 115 Å². The standard InChI is InChI=1S/C25H27NO7S/c1-16(26-17-9-5-3-6-10-17)15-20(27)21-22(28)25(24-19(13-14-32-24)23(21)31-2)34(29,30)33-18-11-7-4-8-12-18/h3,5-6,9-10,13-15,18,26,28H,4,7-8,11-12H2,1-2H3/b16-15-. The minimum Gasteiger partial charge on any atom is -0.505 e. The van der Waals surface area contributed by atoms with Gasteiger partial charge < -0.3 is 19.6 Å². The van der Waals surface area contributed by atoms with Crippen molar-refractivity contribution < 1.29 is 31.7 Å². The normalized spacial score (nSPS) is 15.4. The highest BCUT2D eigenvalue weighted by Crippen LogP contribution is 2.44. The van der Waals surface area contributed by atoms with Crippen molar-refractivity contribution in [1.29, 1.82) is 0 Å². The zero-order chi connectivity index (χ0) is 24.3. The molecule has 0 spiro atoms. The lowest BCUT2D eigenvalue weighted by molar-refractivity contribution is 0.104. The van der Waals surface area contributed by atoms with Crippen LogP contribution in [0.3, 0.4) is 0 Å². The van der Waals surface area contributed by atoms with E-state index in [9.17, 15) is 18.3 Å². The first kappa shape index (κ1) is 23.8. The van der Waals surface area contributed by atoms with Gasteiger partial charge in [-0.25, -0.2) is 0 Å². The number of furan rings is 1. The van der Waals surface area contributed by atoms with Crippen molar-refractivity contribution in [2.45, 2.75) is 50.0 Å². The Morgan fingerprint density at radius 1 is 1.15 bits per heavy atom. The summed E-state index contributed by atoms with van der Waals surface area (Å²) in [5.41, 5.74) is 0.865. The Morgan fingerprint density at radius 2 is 1.85 bits per heavy atom. The van der Waals surface area contributed by atoms with E-state index in [0.29, 0.717) is 18.5 Å². The summed E-state index contributed by atoms with van der Waals surface area (Å²) in [7, 11) is -3.10. The number of fused-ring (bicyclic) bond motifs is 1. The maximum Gasteiger partial charge on any atom is 0.304 e. The number of phenolic OH excluding ortho intramolecular Hbond substituents is 1. The lowest BCUT2D eigenvalue weighted by Gasteiger charge is -2.22. The Kier molecular flexibility index (Phi) is 6.95. The molecule has 2 N–H and O–H groups in total. The van der Waals surface area contributed by atoms with E-state index in [1.165, 1.54) is 25.5 Å². The second-order valence-corrected chi connectivity index (χ2v) is 9.75. The van der Waals surface area contributed by atoms with E-state index in [0.717, 1.165) is 24.9 Å². The molecule has 34 heavy (non-hydrogen) atoms. The van der Waals surface area contributed by atoms with Crippen molar-refractivity contribution in [3.63, 3.8) is 0 Å². The average Bonchev–Trinajstić information content (AvgIpc) is 3.27. The van der Waals surface area contributed by atoms with Crippen LogP contribution in [0.5, 0.6) is 11.5 Å². The summed E-state index contributed by atoms with van der Waals surface area (Å²) in [6.45, 7) is 1.69. The van der Waals surface area contributed by atoms with Crippen LogP contribution in [0.25, 0.3) is 11.0 Å². The molecule has 2 aromatic carbocycles. The first-order valence-electron chi connectivity index (χ1n) is 11.1. The summed E-state index contributed by atoms with van der Waals surface area (Å²) in [5, 5.41) is 14.4. The first-order valence-corrected chi connectivity index (χ1v) is 12.5. The van der Waals surface area contributed by atoms with Gasteiger partial charge in [0.2, 0.25) is 0 Å². The Bertz CT molecular complexity index is 1320. The minimum absolute atomic E-state index is 0.0200. The first-order chi connectivity index (χ1) is 16.3. The average molecular weight is 486 g/mol. The van der Waals surface area contributed by atoms with Gasteiger partial charge in [0.25, 0.3) is 0 Å². The van der Waals surface area contributed by atoms with Gasteiger partial charge in [0.1, 0.15) is 11.3 Å². The van der Waals surface area contributed by atoms with Gasteiger partial charge in [-0.3, -0.25) is 8.98 Å². The van der Waals surface area contributed by atoms with Crippen LogP contribution < -0.4 is 10.1 Å². The van der Waals surface area contributed by atoms with Crippen molar-refractivity contribution >= 4 is 32.6 Å². The van der Waals surface area contributed by atoms with E-state index < -0.39 is 32.7 Å². The van der Waals surface area contributed by atoms with Crippen molar-refractivity contribution in [1.82, 2.24) is 0 Å². The van der Waals surface area contributed by atoms with Gasteiger partial charge in [-0.2, -0.15) is 8.42 Å². The number of para-hydroxylation sites is 1. The maximum absolute atomic E-state index is 13.3. The lowest BCUT2D eigenvalue weighted by Crippen LogP contribution is -2.21. The summed E-state index contributed by atoms with van der Waals surface area (Å²) in [4.78, 5) is 12.7. The van der Waals surface area contributed by atoms with Crippen molar-refractivity contribution in [3.05, 3.63) is 60.0 Å². The van der Waals surface area contributed by atoms with Gasteiger partial charge in [-0.05, 0) is 38.0 Å². The third-order valence-electron chi connectivity index (χ3n) is 5.77. The van der Waals surface area contributed by atoms with E-state index in [4.69, 9.17) is 13.3 Å². The molecule has 3 aromatic rings. The number of aromatic hydroxyl groups is 1. The lowest BCUT2D eigenvalue weighted by atomic mass is 9.98. The highest BCUT2D eigenvalue weighted by atomic mass is 32.2. The van der Waals surface area contributed by atoms with Crippen LogP contribution in [-0.2, 0) is 14.3 Å². The van der Waals surface area contributed by atoms with E-state index in [1.54, 1.807) is 6.92 Å². The molecular formula is C25H27NO7S. The van der Waals surface area contributed by atoms with Gasteiger partial charge in [-0.1, -0.05) is 37.5 Å². The number of methoxy groups -OCH3 is 1. The summed E-state index contributed by atoms with van der Waals surface area (Å²) >= 11 is 0. The molecule has 1 fully saturated rings. The molecule has 1 aromatic heterocycles. The number of ether oxygens (including phenoxy) is 1. The number of rotatable bonds is 8. The molecule has 1 aliphatic rings. The number of hydrogen-bond acceptors (Lipinski definition) is 8. The second-order valence-electron chi connectivity index (χ2n) is 8.24.